The Morgan fingerprint density at radius 1 is 1.04 bits per heavy atom. The van der Waals surface area contributed by atoms with Crippen molar-refractivity contribution in [2.45, 2.75) is 46.6 Å². The molecule has 2 aliphatic heterocycles. The van der Waals surface area contributed by atoms with Gasteiger partial charge >= 0.3 is 0 Å². The van der Waals surface area contributed by atoms with Crippen molar-refractivity contribution in [3.8, 4) is 0 Å². The number of amides is 3. The first kappa shape index (κ1) is 19.4. The third kappa shape index (κ3) is 4.14. The minimum Gasteiger partial charge on any atom is -0.350 e. The second-order valence-corrected chi connectivity index (χ2v) is 7.74. The minimum absolute atomic E-state index is 0.0319. The van der Waals surface area contributed by atoms with Crippen LogP contribution in [0.15, 0.2) is 0 Å². The van der Waals surface area contributed by atoms with Crippen LogP contribution < -0.4 is 5.32 Å². The summed E-state index contributed by atoms with van der Waals surface area (Å²) in [6.45, 7) is 9.00. The SMILES string of the molecule is CC(=O)N1CCN(C(=O)c2nc(C(=O)NCC(C)C)c3n2CCCC3)CC1. The maximum atomic E-state index is 13.1. The number of nitrogens with zero attached hydrogens (tertiary/aromatic N) is 4. The number of carbonyl (C=O) groups is 3. The van der Waals surface area contributed by atoms with Crippen LogP contribution in [0.25, 0.3) is 0 Å². The molecule has 1 aromatic heterocycles. The van der Waals surface area contributed by atoms with Crippen LogP contribution in [0.1, 0.15) is 60.4 Å². The molecule has 1 N–H and O–H groups in total. The number of aromatic nitrogens is 2. The van der Waals surface area contributed by atoms with Crippen LogP contribution in [0.5, 0.6) is 0 Å². The summed E-state index contributed by atoms with van der Waals surface area (Å²) in [7, 11) is 0. The van der Waals surface area contributed by atoms with E-state index in [2.05, 4.69) is 10.3 Å². The van der Waals surface area contributed by atoms with Gasteiger partial charge in [-0.1, -0.05) is 13.8 Å². The van der Waals surface area contributed by atoms with E-state index in [1.165, 1.54) is 0 Å². The first-order valence-electron chi connectivity index (χ1n) is 9.81. The van der Waals surface area contributed by atoms with E-state index in [0.29, 0.717) is 56.7 Å². The van der Waals surface area contributed by atoms with E-state index in [9.17, 15) is 14.4 Å². The molecule has 1 saturated heterocycles. The molecule has 0 atom stereocenters. The summed E-state index contributed by atoms with van der Waals surface area (Å²) in [6.07, 6.45) is 2.75. The van der Waals surface area contributed by atoms with E-state index in [-0.39, 0.29) is 17.7 Å². The van der Waals surface area contributed by atoms with Gasteiger partial charge in [-0.3, -0.25) is 14.4 Å². The Hall–Kier alpha value is -2.38. The summed E-state index contributed by atoms with van der Waals surface area (Å²) in [5, 5.41) is 2.91. The predicted octanol–water partition coefficient (Wildman–Crippen LogP) is 0.910. The van der Waals surface area contributed by atoms with E-state index in [1.54, 1.807) is 16.7 Å². The zero-order valence-corrected chi connectivity index (χ0v) is 16.5. The molecule has 2 aliphatic rings. The molecule has 3 amide bonds. The van der Waals surface area contributed by atoms with Gasteiger partial charge in [-0.2, -0.15) is 0 Å². The summed E-state index contributed by atoms with van der Waals surface area (Å²) < 4.78 is 1.92. The zero-order chi connectivity index (χ0) is 19.6. The maximum Gasteiger partial charge on any atom is 0.290 e. The molecule has 0 unspecified atom stereocenters. The topological polar surface area (TPSA) is 87.5 Å². The normalized spacial score (nSPS) is 17.0. The van der Waals surface area contributed by atoms with Gasteiger partial charge in [0, 0.05) is 46.2 Å². The molecule has 0 aliphatic carbocycles. The lowest BCUT2D eigenvalue weighted by molar-refractivity contribution is -0.130. The molecule has 1 fully saturated rings. The van der Waals surface area contributed by atoms with Crippen LogP contribution in [0, 0.1) is 5.92 Å². The number of piperazine rings is 1. The van der Waals surface area contributed by atoms with E-state index < -0.39 is 0 Å². The lowest BCUT2D eigenvalue weighted by Crippen LogP contribution is -2.50. The first-order valence-corrected chi connectivity index (χ1v) is 9.81. The Labute approximate surface area is 159 Å². The number of rotatable bonds is 4. The summed E-state index contributed by atoms with van der Waals surface area (Å²) in [4.78, 5) is 45.1. The van der Waals surface area contributed by atoms with Gasteiger partial charge in [0.15, 0.2) is 5.82 Å². The molecule has 0 radical (unpaired) electrons. The lowest BCUT2D eigenvalue weighted by atomic mass is 10.1. The average Bonchev–Trinajstić information content (AvgIpc) is 3.05. The highest BCUT2D eigenvalue weighted by Gasteiger charge is 2.31. The fourth-order valence-electron chi connectivity index (χ4n) is 3.63. The number of fused-ring (bicyclic) bond motifs is 1. The molecule has 3 heterocycles. The fraction of sp³-hybridized carbons (Fsp3) is 0.684. The highest BCUT2D eigenvalue weighted by atomic mass is 16.2. The molecule has 0 aromatic carbocycles. The quantitative estimate of drug-likeness (QED) is 0.847. The number of hydrogen-bond acceptors (Lipinski definition) is 4. The van der Waals surface area contributed by atoms with Crippen molar-refractivity contribution >= 4 is 17.7 Å². The third-order valence-electron chi connectivity index (χ3n) is 5.21. The second-order valence-electron chi connectivity index (χ2n) is 7.74. The molecule has 148 valence electrons. The van der Waals surface area contributed by atoms with Crippen LogP contribution in [-0.2, 0) is 17.8 Å². The van der Waals surface area contributed by atoms with Gasteiger partial charge < -0.3 is 19.7 Å². The van der Waals surface area contributed by atoms with Crippen molar-refractivity contribution in [1.82, 2.24) is 24.7 Å². The van der Waals surface area contributed by atoms with E-state index >= 15 is 0 Å². The molecular formula is C19H29N5O3. The average molecular weight is 375 g/mol. The molecule has 0 bridgehead atoms. The van der Waals surface area contributed by atoms with Gasteiger partial charge in [0.25, 0.3) is 11.8 Å². The predicted molar refractivity (Wildman–Crippen MR) is 100 cm³/mol. The summed E-state index contributed by atoms with van der Waals surface area (Å²) in [5.74, 6) is 0.394. The highest BCUT2D eigenvalue weighted by Crippen LogP contribution is 2.22. The van der Waals surface area contributed by atoms with Crippen LogP contribution >= 0.6 is 0 Å². The molecule has 0 saturated carbocycles. The Bertz CT molecular complexity index is 732. The second kappa shape index (κ2) is 8.10. The van der Waals surface area contributed by atoms with Crippen LogP contribution in [-0.4, -0.2) is 69.8 Å². The van der Waals surface area contributed by atoms with Crippen molar-refractivity contribution in [2.75, 3.05) is 32.7 Å². The molecule has 3 rings (SSSR count). The fourth-order valence-corrected chi connectivity index (χ4v) is 3.63. The van der Waals surface area contributed by atoms with Gasteiger partial charge in [-0.25, -0.2) is 4.98 Å². The number of imidazole rings is 1. The summed E-state index contributed by atoms with van der Waals surface area (Å²) in [6, 6.07) is 0. The molecule has 8 nitrogen and oxygen atoms in total. The zero-order valence-electron chi connectivity index (χ0n) is 16.5. The third-order valence-corrected chi connectivity index (χ3v) is 5.21. The molecule has 1 aromatic rings. The van der Waals surface area contributed by atoms with Crippen molar-refractivity contribution in [3.63, 3.8) is 0 Å². The Morgan fingerprint density at radius 2 is 1.70 bits per heavy atom. The van der Waals surface area contributed by atoms with Gasteiger partial charge in [-0.05, 0) is 25.2 Å². The highest BCUT2D eigenvalue weighted by molar-refractivity contribution is 5.97. The number of hydrogen-bond donors (Lipinski definition) is 1. The van der Waals surface area contributed by atoms with Crippen LogP contribution in [0.4, 0.5) is 0 Å². The monoisotopic (exact) mass is 375 g/mol. The van der Waals surface area contributed by atoms with Gasteiger partial charge in [0.1, 0.15) is 5.69 Å². The van der Waals surface area contributed by atoms with Crippen molar-refractivity contribution in [2.24, 2.45) is 5.92 Å². The van der Waals surface area contributed by atoms with Crippen LogP contribution in [0.2, 0.25) is 0 Å². The van der Waals surface area contributed by atoms with Crippen LogP contribution in [0.3, 0.4) is 0 Å². The van der Waals surface area contributed by atoms with E-state index in [4.69, 9.17) is 0 Å². The molecule has 8 heteroatoms. The standard InChI is InChI=1S/C19H29N5O3/c1-13(2)12-20-18(26)16-15-6-4-5-7-24(15)17(21-16)19(27)23-10-8-22(9-11-23)14(3)25/h13H,4-12H2,1-3H3,(H,20,26). The van der Waals surface area contributed by atoms with E-state index in [1.807, 2.05) is 18.4 Å². The molecule has 0 spiro atoms. The van der Waals surface area contributed by atoms with Gasteiger partial charge in [-0.15, -0.1) is 0 Å². The lowest BCUT2D eigenvalue weighted by Gasteiger charge is -2.34. The van der Waals surface area contributed by atoms with Crippen molar-refractivity contribution in [1.29, 1.82) is 0 Å². The summed E-state index contributed by atoms with van der Waals surface area (Å²) in [5.41, 5.74) is 1.26. The smallest absolute Gasteiger partial charge is 0.290 e. The number of nitrogens with one attached hydrogen (secondary N) is 1. The largest absolute Gasteiger partial charge is 0.350 e. The van der Waals surface area contributed by atoms with E-state index in [0.717, 1.165) is 25.0 Å². The Kier molecular flexibility index (Phi) is 5.82. The van der Waals surface area contributed by atoms with Gasteiger partial charge in [0.2, 0.25) is 5.91 Å². The van der Waals surface area contributed by atoms with Crippen molar-refractivity contribution < 1.29 is 14.4 Å². The number of carbonyl (C=O) groups excluding carboxylic acids is 3. The molecular weight excluding hydrogens is 346 g/mol. The first-order chi connectivity index (χ1) is 12.9. The Morgan fingerprint density at radius 3 is 2.33 bits per heavy atom. The summed E-state index contributed by atoms with van der Waals surface area (Å²) >= 11 is 0. The maximum absolute atomic E-state index is 13.1. The molecule has 27 heavy (non-hydrogen) atoms. The van der Waals surface area contributed by atoms with Gasteiger partial charge in [0.05, 0.1) is 5.69 Å². The minimum atomic E-state index is -0.199. The Balaban J connectivity index is 1.80. The van der Waals surface area contributed by atoms with Crippen molar-refractivity contribution in [3.05, 3.63) is 17.2 Å².